The maximum absolute atomic E-state index is 12.4. The minimum absolute atomic E-state index is 0.157. The number of carbonyl (C=O) groups excluding carboxylic acids is 3. The van der Waals surface area contributed by atoms with Gasteiger partial charge in [0, 0.05) is 5.69 Å². The second-order valence-corrected chi connectivity index (χ2v) is 6.99. The van der Waals surface area contributed by atoms with E-state index in [9.17, 15) is 14.4 Å². The molecule has 7 nitrogen and oxygen atoms in total. The van der Waals surface area contributed by atoms with Crippen LogP contribution in [-0.4, -0.2) is 37.0 Å². The fourth-order valence-corrected chi connectivity index (χ4v) is 3.02. The number of hydrogen-bond donors (Lipinski definition) is 1. The predicted molar refractivity (Wildman–Crippen MR) is 109 cm³/mol. The van der Waals surface area contributed by atoms with Crippen LogP contribution >= 0.6 is 0 Å². The summed E-state index contributed by atoms with van der Waals surface area (Å²) in [6.45, 7) is 5.27. The molecule has 0 saturated heterocycles. The quantitative estimate of drug-likeness (QED) is 0.786. The number of esters is 1. The van der Waals surface area contributed by atoms with E-state index in [1.165, 1.54) is 11.8 Å². The Morgan fingerprint density at radius 2 is 1.97 bits per heavy atom. The number of para-hydroxylation sites is 2. The Kier molecular flexibility index (Phi) is 6.16. The van der Waals surface area contributed by atoms with Crippen molar-refractivity contribution in [2.24, 2.45) is 0 Å². The van der Waals surface area contributed by atoms with Gasteiger partial charge in [0.25, 0.3) is 5.91 Å². The van der Waals surface area contributed by atoms with E-state index in [0.717, 1.165) is 11.1 Å². The van der Waals surface area contributed by atoms with Crippen molar-refractivity contribution in [1.29, 1.82) is 0 Å². The molecule has 0 saturated carbocycles. The molecule has 0 aliphatic carbocycles. The van der Waals surface area contributed by atoms with Gasteiger partial charge in [-0.25, -0.2) is 0 Å². The fourth-order valence-electron chi connectivity index (χ4n) is 3.02. The molecule has 0 radical (unpaired) electrons. The van der Waals surface area contributed by atoms with Gasteiger partial charge >= 0.3 is 5.97 Å². The molecule has 2 amide bonds. The van der Waals surface area contributed by atoms with Crippen LogP contribution < -0.4 is 15.0 Å². The molecular formula is C22H24N2O5. The van der Waals surface area contributed by atoms with Crippen LogP contribution in [0.2, 0.25) is 0 Å². The summed E-state index contributed by atoms with van der Waals surface area (Å²) in [5, 5.41) is 2.78. The molecule has 1 aliphatic heterocycles. The number of ether oxygens (including phenoxy) is 2. The van der Waals surface area contributed by atoms with E-state index in [4.69, 9.17) is 9.47 Å². The molecule has 7 heteroatoms. The van der Waals surface area contributed by atoms with Gasteiger partial charge in [0.15, 0.2) is 6.10 Å². The van der Waals surface area contributed by atoms with Crippen molar-refractivity contribution >= 4 is 29.2 Å². The van der Waals surface area contributed by atoms with Gasteiger partial charge in [-0.15, -0.1) is 0 Å². The zero-order valence-electron chi connectivity index (χ0n) is 16.7. The Balaban J connectivity index is 1.64. The largest absolute Gasteiger partial charge is 0.491 e. The zero-order valence-corrected chi connectivity index (χ0v) is 16.7. The summed E-state index contributed by atoms with van der Waals surface area (Å²) >= 11 is 0. The van der Waals surface area contributed by atoms with Crippen LogP contribution in [0.1, 0.15) is 24.5 Å². The number of fused-ring (bicyclic) bond motifs is 1. The van der Waals surface area contributed by atoms with E-state index in [1.54, 1.807) is 24.3 Å². The lowest BCUT2D eigenvalue weighted by Crippen LogP contribution is -2.39. The lowest BCUT2D eigenvalue weighted by atomic mass is 10.1. The summed E-state index contributed by atoms with van der Waals surface area (Å²) in [6, 6.07) is 12.7. The number of rotatable bonds is 5. The van der Waals surface area contributed by atoms with Gasteiger partial charge in [-0.3, -0.25) is 19.3 Å². The summed E-state index contributed by atoms with van der Waals surface area (Å²) in [5.74, 6) is -0.803. The highest BCUT2D eigenvalue weighted by Crippen LogP contribution is 2.30. The SMILES string of the molecule is Cc1ccc(C)c(NC(=O)[C@H](C)OC(=O)CN2C(=O)CCOc3ccccc32)c1. The molecule has 0 fully saturated rings. The molecule has 0 bridgehead atoms. The van der Waals surface area contributed by atoms with Crippen molar-refractivity contribution in [3.63, 3.8) is 0 Å². The average molecular weight is 396 g/mol. The Morgan fingerprint density at radius 1 is 1.21 bits per heavy atom. The van der Waals surface area contributed by atoms with Crippen LogP contribution in [0, 0.1) is 13.8 Å². The monoisotopic (exact) mass is 396 g/mol. The maximum atomic E-state index is 12.4. The lowest BCUT2D eigenvalue weighted by Gasteiger charge is -2.22. The number of carbonyl (C=O) groups is 3. The second kappa shape index (κ2) is 8.77. The minimum atomic E-state index is -1.00. The van der Waals surface area contributed by atoms with Gasteiger partial charge in [-0.2, -0.15) is 0 Å². The molecule has 1 heterocycles. The Hall–Kier alpha value is -3.35. The number of benzene rings is 2. The number of aryl methyl sites for hydroxylation is 2. The number of nitrogens with zero attached hydrogens (tertiary/aromatic N) is 1. The topological polar surface area (TPSA) is 84.9 Å². The van der Waals surface area contributed by atoms with Gasteiger partial charge in [0.1, 0.15) is 12.3 Å². The first-order valence-electron chi connectivity index (χ1n) is 9.45. The third-order valence-electron chi connectivity index (χ3n) is 4.65. The van der Waals surface area contributed by atoms with E-state index in [0.29, 0.717) is 17.1 Å². The molecule has 1 atom stereocenters. The van der Waals surface area contributed by atoms with Gasteiger partial charge in [0.2, 0.25) is 5.91 Å². The van der Waals surface area contributed by atoms with Crippen molar-refractivity contribution in [2.75, 3.05) is 23.4 Å². The van der Waals surface area contributed by atoms with Crippen LogP contribution in [-0.2, 0) is 19.1 Å². The van der Waals surface area contributed by atoms with E-state index < -0.39 is 18.0 Å². The molecule has 1 N–H and O–H groups in total. The van der Waals surface area contributed by atoms with E-state index in [1.807, 2.05) is 32.0 Å². The summed E-state index contributed by atoms with van der Waals surface area (Å²) < 4.78 is 10.8. The Bertz CT molecular complexity index is 941. The highest BCUT2D eigenvalue weighted by molar-refractivity contribution is 6.00. The molecule has 2 aromatic rings. The van der Waals surface area contributed by atoms with Gasteiger partial charge < -0.3 is 14.8 Å². The van der Waals surface area contributed by atoms with Crippen LogP contribution in [0.5, 0.6) is 5.75 Å². The zero-order chi connectivity index (χ0) is 21.0. The van der Waals surface area contributed by atoms with Crippen LogP contribution in [0.3, 0.4) is 0 Å². The van der Waals surface area contributed by atoms with Crippen molar-refractivity contribution < 1.29 is 23.9 Å². The van der Waals surface area contributed by atoms with Gasteiger partial charge in [-0.05, 0) is 50.1 Å². The Morgan fingerprint density at radius 3 is 2.76 bits per heavy atom. The maximum Gasteiger partial charge on any atom is 0.326 e. The molecule has 2 aromatic carbocycles. The molecule has 0 unspecified atom stereocenters. The van der Waals surface area contributed by atoms with E-state index >= 15 is 0 Å². The fraction of sp³-hybridized carbons (Fsp3) is 0.318. The molecule has 29 heavy (non-hydrogen) atoms. The van der Waals surface area contributed by atoms with Crippen LogP contribution in [0.15, 0.2) is 42.5 Å². The first-order chi connectivity index (χ1) is 13.8. The third-order valence-corrected chi connectivity index (χ3v) is 4.65. The van der Waals surface area contributed by atoms with E-state index in [-0.39, 0.29) is 25.5 Å². The van der Waals surface area contributed by atoms with Crippen molar-refractivity contribution in [1.82, 2.24) is 0 Å². The number of hydrogen-bond acceptors (Lipinski definition) is 5. The molecule has 0 aromatic heterocycles. The van der Waals surface area contributed by atoms with Crippen molar-refractivity contribution in [3.05, 3.63) is 53.6 Å². The van der Waals surface area contributed by atoms with E-state index in [2.05, 4.69) is 5.32 Å². The lowest BCUT2D eigenvalue weighted by molar-refractivity contribution is -0.152. The number of amides is 2. The second-order valence-electron chi connectivity index (χ2n) is 6.99. The summed E-state index contributed by atoms with van der Waals surface area (Å²) in [6.07, 6.45) is -0.846. The summed E-state index contributed by atoms with van der Waals surface area (Å²) in [5.41, 5.74) is 3.11. The molecule has 1 aliphatic rings. The molecular weight excluding hydrogens is 372 g/mol. The molecule has 0 spiro atoms. The predicted octanol–water partition coefficient (Wildman–Crippen LogP) is 2.99. The summed E-state index contributed by atoms with van der Waals surface area (Å²) in [4.78, 5) is 38.6. The highest BCUT2D eigenvalue weighted by atomic mass is 16.5. The third kappa shape index (κ3) is 4.93. The normalized spacial score (nSPS) is 14.3. The smallest absolute Gasteiger partial charge is 0.326 e. The molecule has 152 valence electrons. The standard InChI is InChI=1S/C22H24N2O5/c1-14-8-9-15(2)17(12-14)23-22(27)16(3)29-21(26)13-24-18-6-4-5-7-19(18)28-11-10-20(24)25/h4-9,12,16H,10-11,13H2,1-3H3,(H,23,27)/t16-/m0/s1. The van der Waals surface area contributed by atoms with Crippen molar-refractivity contribution in [3.8, 4) is 5.75 Å². The van der Waals surface area contributed by atoms with Crippen molar-refractivity contribution in [2.45, 2.75) is 33.3 Å². The average Bonchev–Trinajstić information content (AvgIpc) is 2.84. The Labute approximate surface area is 169 Å². The van der Waals surface area contributed by atoms with Crippen LogP contribution in [0.25, 0.3) is 0 Å². The highest BCUT2D eigenvalue weighted by Gasteiger charge is 2.27. The molecule has 3 rings (SSSR count). The minimum Gasteiger partial charge on any atom is -0.491 e. The van der Waals surface area contributed by atoms with Gasteiger partial charge in [-0.1, -0.05) is 24.3 Å². The first kappa shape index (κ1) is 20.4. The van der Waals surface area contributed by atoms with Gasteiger partial charge in [0.05, 0.1) is 18.7 Å². The first-order valence-corrected chi connectivity index (χ1v) is 9.45. The number of anilines is 2. The summed E-state index contributed by atoms with van der Waals surface area (Å²) in [7, 11) is 0. The van der Waals surface area contributed by atoms with Crippen LogP contribution in [0.4, 0.5) is 11.4 Å². The number of nitrogens with one attached hydrogen (secondary N) is 1.